The average molecular weight is 221 g/mol. The summed E-state index contributed by atoms with van der Waals surface area (Å²) in [6.45, 7) is 1.54. The molecule has 0 spiro atoms. The highest BCUT2D eigenvalue weighted by molar-refractivity contribution is 5.74. The monoisotopic (exact) mass is 221 g/mol. The van der Waals surface area contributed by atoms with E-state index in [4.69, 9.17) is 4.74 Å². The third-order valence-electron chi connectivity index (χ3n) is 2.94. The molecule has 0 aromatic heterocycles. The number of methoxy groups -OCH3 is 1. The van der Waals surface area contributed by atoms with Crippen LogP contribution >= 0.6 is 0 Å². The van der Waals surface area contributed by atoms with Crippen LogP contribution in [0, 0.1) is 5.92 Å². The minimum Gasteiger partial charge on any atom is -0.508 e. The third-order valence-corrected chi connectivity index (χ3v) is 2.94. The van der Waals surface area contributed by atoms with E-state index in [-0.39, 0.29) is 17.6 Å². The van der Waals surface area contributed by atoms with Crippen LogP contribution in [0.5, 0.6) is 5.75 Å². The molecular formula is C12H15NO3. The van der Waals surface area contributed by atoms with Crippen LogP contribution in [-0.2, 0) is 9.53 Å². The van der Waals surface area contributed by atoms with Crippen LogP contribution in [0.15, 0.2) is 24.3 Å². The van der Waals surface area contributed by atoms with Crippen molar-refractivity contribution in [1.29, 1.82) is 0 Å². The molecular weight excluding hydrogens is 206 g/mol. The molecule has 4 nitrogen and oxygen atoms in total. The predicted octanol–water partition coefficient (Wildman–Crippen LogP) is 1.39. The summed E-state index contributed by atoms with van der Waals surface area (Å²) in [4.78, 5) is 13.5. The van der Waals surface area contributed by atoms with Gasteiger partial charge in [0.25, 0.3) is 0 Å². The first-order chi connectivity index (χ1) is 7.70. The number of carbonyl (C=O) groups excluding carboxylic acids is 1. The summed E-state index contributed by atoms with van der Waals surface area (Å²) in [5, 5.41) is 9.19. The van der Waals surface area contributed by atoms with Gasteiger partial charge in [0.1, 0.15) is 5.75 Å². The van der Waals surface area contributed by atoms with E-state index in [2.05, 4.69) is 4.90 Å². The van der Waals surface area contributed by atoms with Gasteiger partial charge in [-0.2, -0.15) is 0 Å². The number of anilines is 1. The Hall–Kier alpha value is -1.71. The number of hydrogen-bond acceptors (Lipinski definition) is 4. The van der Waals surface area contributed by atoms with E-state index in [1.165, 1.54) is 7.11 Å². The van der Waals surface area contributed by atoms with Crippen LogP contribution in [0.1, 0.15) is 6.42 Å². The lowest BCUT2D eigenvalue weighted by Crippen LogP contribution is -2.23. The minimum atomic E-state index is -0.138. The van der Waals surface area contributed by atoms with Crippen molar-refractivity contribution >= 4 is 11.7 Å². The van der Waals surface area contributed by atoms with Gasteiger partial charge in [-0.05, 0) is 30.7 Å². The summed E-state index contributed by atoms with van der Waals surface area (Å²) in [5.74, 6) is 0.0903. The fourth-order valence-electron chi connectivity index (χ4n) is 2.02. The molecule has 1 heterocycles. The van der Waals surface area contributed by atoms with Gasteiger partial charge in [0.05, 0.1) is 13.0 Å². The number of aromatic hydroxyl groups is 1. The predicted molar refractivity (Wildman–Crippen MR) is 60.4 cm³/mol. The molecule has 2 rings (SSSR count). The molecule has 1 saturated heterocycles. The Bertz CT molecular complexity index is 374. The van der Waals surface area contributed by atoms with Crippen molar-refractivity contribution in [1.82, 2.24) is 0 Å². The lowest BCUT2D eigenvalue weighted by Gasteiger charge is -2.18. The van der Waals surface area contributed by atoms with Gasteiger partial charge in [0.2, 0.25) is 0 Å². The Labute approximate surface area is 94.4 Å². The summed E-state index contributed by atoms with van der Waals surface area (Å²) in [5.41, 5.74) is 1.03. The standard InChI is InChI=1S/C12H15NO3/c1-16-12(15)9-6-7-13(8-9)10-2-4-11(14)5-3-10/h2-5,9,14H,6-8H2,1H3/t9-/m0/s1. The van der Waals surface area contributed by atoms with E-state index in [0.717, 1.165) is 18.7 Å². The Kier molecular flexibility index (Phi) is 2.99. The number of benzene rings is 1. The molecule has 0 unspecified atom stereocenters. The maximum Gasteiger partial charge on any atom is 0.310 e. The summed E-state index contributed by atoms with van der Waals surface area (Å²) >= 11 is 0. The molecule has 0 saturated carbocycles. The third kappa shape index (κ3) is 2.10. The SMILES string of the molecule is COC(=O)[C@H]1CCN(c2ccc(O)cc2)C1. The van der Waals surface area contributed by atoms with Crippen LogP contribution in [0.25, 0.3) is 0 Å². The molecule has 1 atom stereocenters. The van der Waals surface area contributed by atoms with Gasteiger partial charge in [-0.1, -0.05) is 0 Å². The van der Waals surface area contributed by atoms with Crippen LogP contribution < -0.4 is 4.90 Å². The highest BCUT2D eigenvalue weighted by Gasteiger charge is 2.28. The first-order valence-corrected chi connectivity index (χ1v) is 5.32. The smallest absolute Gasteiger partial charge is 0.310 e. The summed E-state index contributed by atoms with van der Waals surface area (Å²) in [6.07, 6.45) is 0.827. The minimum absolute atomic E-state index is 0.0289. The Morgan fingerprint density at radius 2 is 2.12 bits per heavy atom. The number of carbonyl (C=O) groups is 1. The average Bonchev–Trinajstić information content (AvgIpc) is 2.78. The van der Waals surface area contributed by atoms with Crippen LogP contribution in [0.4, 0.5) is 5.69 Å². The molecule has 16 heavy (non-hydrogen) atoms. The number of nitrogens with zero attached hydrogens (tertiary/aromatic N) is 1. The molecule has 1 N–H and O–H groups in total. The fourth-order valence-corrected chi connectivity index (χ4v) is 2.02. The zero-order chi connectivity index (χ0) is 11.5. The van der Waals surface area contributed by atoms with Gasteiger partial charge >= 0.3 is 5.97 Å². The normalized spacial score (nSPS) is 19.8. The second-order valence-corrected chi connectivity index (χ2v) is 3.97. The zero-order valence-corrected chi connectivity index (χ0v) is 9.22. The molecule has 4 heteroatoms. The molecule has 0 amide bonds. The largest absolute Gasteiger partial charge is 0.508 e. The fraction of sp³-hybridized carbons (Fsp3) is 0.417. The molecule has 86 valence electrons. The van der Waals surface area contributed by atoms with E-state index in [1.807, 2.05) is 12.1 Å². The number of hydrogen-bond donors (Lipinski definition) is 1. The number of esters is 1. The lowest BCUT2D eigenvalue weighted by atomic mass is 10.1. The molecule has 1 aromatic rings. The number of phenols is 1. The maximum atomic E-state index is 11.4. The summed E-state index contributed by atoms with van der Waals surface area (Å²) in [7, 11) is 1.42. The highest BCUT2D eigenvalue weighted by Crippen LogP contribution is 2.25. The maximum absolute atomic E-state index is 11.4. The first-order valence-electron chi connectivity index (χ1n) is 5.32. The van der Waals surface area contributed by atoms with Crippen molar-refractivity contribution in [2.24, 2.45) is 5.92 Å². The van der Waals surface area contributed by atoms with Crippen molar-refractivity contribution in [3.63, 3.8) is 0 Å². The second-order valence-electron chi connectivity index (χ2n) is 3.97. The highest BCUT2D eigenvalue weighted by atomic mass is 16.5. The van der Waals surface area contributed by atoms with Crippen molar-refractivity contribution in [3.05, 3.63) is 24.3 Å². The molecule has 1 fully saturated rings. The molecule has 0 aliphatic carbocycles. The van der Waals surface area contributed by atoms with Gasteiger partial charge in [0, 0.05) is 18.8 Å². The molecule has 1 aromatic carbocycles. The van der Waals surface area contributed by atoms with Crippen molar-refractivity contribution in [3.8, 4) is 5.75 Å². The summed E-state index contributed by atoms with van der Waals surface area (Å²) in [6, 6.07) is 7.02. The van der Waals surface area contributed by atoms with E-state index >= 15 is 0 Å². The van der Waals surface area contributed by atoms with Gasteiger partial charge in [-0.25, -0.2) is 0 Å². The molecule has 1 aliphatic rings. The molecule has 0 radical (unpaired) electrons. The van der Waals surface area contributed by atoms with Gasteiger partial charge < -0.3 is 14.7 Å². The van der Waals surface area contributed by atoms with Gasteiger partial charge in [-0.15, -0.1) is 0 Å². The van der Waals surface area contributed by atoms with Crippen molar-refractivity contribution < 1.29 is 14.6 Å². The topological polar surface area (TPSA) is 49.8 Å². The molecule has 0 bridgehead atoms. The van der Waals surface area contributed by atoms with E-state index in [9.17, 15) is 9.90 Å². The second kappa shape index (κ2) is 4.43. The molecule has 1 aliphatic heterocycles. The Morgan fingerprint density at radius 3 is 2.75 bits per heavy atom. The van der Waals surface area contributed by atoms with Crippen LogP contribution in [0.2, 0.25) is 0 Å². The van der Waals surface area contributed by atoms with Crippen LogP contribution in [0.3, 0.4) is 0 Å². The van der Waals surface area contributed by atoms with Crippen LogP contribution in [-0.4, -0.2) is 31.3 Å². The quantitative estimate of drug-likeness (QED) is 0.767. The van der Waals surface area contributed by atoms with E-state index in [1.54, 1.807) is 12.1 Å². The Balaban J connectivity index is 2.03. The first kappa shape index (κ1) is 10.8. The summed E-state index contributed by atoms with van der Waals surface area (Å²) < 4.78 is 4.73. The zero-order valence-electron chi connectivity index (χ0n) is 9.22. The number of ether oxygens (including phenoxy) is 1. The Morgan fingerprint density at radius 1 is 1.44 bits per heavy atom. The number of phenolic OH excluding ortho intramolecular Hbond substituents is 1. The van der Waals surface area contributed by atoms with Crippen molar-refractivity contribution in [2.45, 2.75) is 6.42 Å². The van der Waals surface area contributed by atoms with Gasteiger partial charge in [0.15, 0.2) is 0 Å². The number of rotatable bonds is 2. The van der Waals surface area contributed by atoms with Gasteiger partial charge in [-0.3, -0.25) is 4.79 Å². The van der Waals surface area contributed by atoms with E-state index < -0.39 is 0 Å². The lowest BCUT2D eigenvalue weighted by molar-refractivity contribution is -0.144. The van der Waals surface area contributed by atoms with E-state index in [0.29, 0.717) is 6.54 Å². The van der Waals surface area contributed by atoms with Crippen molar-refractivity contribution in [2.75, 3.05) is 25.1 Å².